The van der Waals surface area contributed by atoms with Crippen molar-refractivity contribution in [3.63, 3.8) is 0 Å². The van der Waals surface area contributed by atoms with Crippen LogP contribution in [0.3, 0.4) is 0 Å². The lowest BCUT2D eigenvalue weighted by Crippen LogP contribution is -2.48. The average Bonchev–Trinajstić information content (AvgIpc) is 3.05. The maximum atomic E-state index is 13.1. The predicted molar refractivity (Wildman–Crippen MR) is 98.8 cm³/mol. The standard InChI is InChI=1S/C19H22ClN3O3/c1-3-16-15(11-21-23(16)14-7-4-6-13(20)10-14)17(24)22-9-5-8-19(2,12-22)18(25)26/h4,6-7,10-11H,3,5,8-9,12H2,1-2H3,(H,25,26). The highest BCUT2D eigenvalue weighted by Crippen LogP contribution is 2.31. The number of piperidine rings is 1. The quantitative estimate of drug-likeness (QED) is 0.888. The van der Waals surface area contributed by atoms with Gasteiger partial charge in [-0.15, -0.1) is 0 Å². The number of aliphatic carboxylic acids is 1. The van der Waals surface area contributed by atoms with E-state index in [2.05, 4.69) is 5.10 Å². The van der Waals surface area contributed by atoms with Crippen molar-refractivity contribution in [3.8, 4) is 5.69 Å². The van der Waals surface area contributed by atoms with E-state index >= 15 is 0 Å². The second-order valence-electron chi connectivity index (χ2n) is 6.95. The first-order valence-electron chi connectivity index (χ1n) is 8.71. The number of hydrogen-bond acceptors (Lipinski definition) is 3. The zero-order valence-electron chi connectivity index (χ0n) is 14.9. The SMILES string of the molecule is CCc1c(C(=O)N2CCCC(C)(C(=O)O)C2)cnn1-c1cccc(Cl)c1. The highest BCUT2D eigenvalue weighted by Gasteiger charge is 2.40. The maximum Gasteiger partial charge on any atom is 0.311 e. The molecule has 1 aromatic carbocycles. The Morgan fingerprint density at radius 2 is 2.15 bits per heavy atom. The molecule has 0 bridgehead atoms. The van der Waals surface area contributed by atoms with E-state index in [1.54, 1.807) is 34.8 Å². The van der Waals surface area contributed by atoms with Crippen molar-refractivity contribution < 1.29 is 14.7 Å². The first-order valence-corrected chi connectivity index (χ1v) is 9.09. The highest BCUT2D eigenvalue weighted by atomic mass is 35.5. The molecule has 138 valence electrons. The van der Waals surface area contributed by atoms with Crippen molar-refractivity contribution >= 4 is 23.5 Å². The normalized spacial score (nSPS) is 20.2. The molecular formula is C19H22ClN3O3. The number of carboxylic acid groups (broad SMARTS) is 1. The Balaban J connectivity index is 1.92. The van der Waals surface area contributed by atoms with E-state index in [1.165, 1.54) is 0 Å². The number of carbonyl (C=O) groups is 2. The molecule has 2 heterocycles. The maximum absolute atomic E-state index is 13.1. The van der Waals surface area contributed by atoms with Crippen molar-refractivity contribution in [2.24, 2.45) is 5.41 Å². The van der Waals surface area contributed by atoms with Crippen LogP contribution in [0.25, 0.3) is 5.69 Å². The fraction of sp³-hybridized carbons (Fsp3) is 0.421. The van der Waals surface area contributed by atoms with Crippen LogP contribution in [0.4, 0.5) is 0 Å². The molecule has 0 saturated carbocycles. The average molecular weight is 376 g/mol. The van der Waals surface area contributed by atoms with Crippen LogP contribution in [0.2, 0.25) is 5.02 Å². The van der Waals surface area contributed by atoms with Crippen molar-refractivity contribution in [2.45, 2.75) is 33.1 Å². The smallest absolute Gasteiger partial charge is 0.311 e. The van der Waals surface area contributed by atoms with Crippen LogP contribution in [0, 0.1) is 5.41 Å². The van der Waals surface area contributed by atoms with Crippen LogP contribution in [0.5, 0.6) is 0 Å². The minimum atomic E-state index is -0.900. The Kier molecular flexibility index (Phi) is 5.05. The highest BCUT2D eigenvalue weighted by molar-refractivity contribution is 6.30. The number of nitrogens with zero attached hydrogens (tertiary/aromatic N) is 3. The van der Waals surface area contributed by atoms with Gasteiger partial charge in [-0.2, -0.15) is 5.10 Å². The number of carboxylic acids is 1. The molecule has 3 rings (SSSR count). The van der Waals surface area contributed by atoms with Gasteiger partial charge in [-0.3, -0.25) is 9.59 Å². The number of hydrogen-bond donors (Lipinski definition) is 1. The van der Waals surface area contributed by atoms with Crippen molar-refractivity contribution in [3.05, 3.63) is 46.7 Å². The molecule has 1 aliphatic heterocycles. The molecule has 1 atom stereocenters. The third-order valence-electron chi connectivity index (χ3n) is 4.99. The fourth-order valence-corrected chi connectivity index (χ4v) is 3.67. The topological polar surface area (TPSA) is 75.4 Å². The summed E-state index contributed by atoms with van der Waals surface area (Å²) in [7, 11) is 0. The van der Waals surface area contributed by atoms with E-state index in [9.17, 15) is 14.7 Å². The summed E-state index contributed by atoms with van der Waals surface area (Å²) in [6, 6.07) is 7.30. The Morgan fingerprint density at radius 1 is 1.38 bits per heavy atom. The minimum Gasteiger partial charge on any atom is -0.481 e. The predicted octanol–water partition coefficient (Wildman–Crippen LogP) is 3.42. The summed E-state index contributed by atoms with van der Waals surface area (Å²) in [5, 5.41) is 14.5. The Bertz CT molecular complexity index is 848. The van der Waals surface area contributed by atoms with Gasteiger partial charge in [0, 0.05) is 18.1 Å². The van der Waals surface area contributed by atoms with E-state index in [0.29, 0.717) is 36.4 Å². The Labute approximate surface area is 157 Å². The summed E-state index contributed by atoms with van der Waals surface area (Å²) in [6.45, 7) is 4.44. The first kappa shape index (κ1) is 18.5. The van der Waals surface area contributed by atoms with Crippen molar-refractivity contribution in [1.82, 2.24) is 14.7 Å². The van der Waals surface area contributed by atoms with E-state index in [4.69, 9.17) is 11.6 Å². The molecule has 1 amide bonds. The Hall–Kier alpha value is -2.34. The molecule has 0 spiro atoms. The second-order valence-corrected chi connectivity index (χ2v) is 7.38. The lowest BCUT2D eigenvalue weighted by molar-refractivity contribution is -0.150. The summed E-state index contributed by atoms with van der Waals surface area (Å²) in [6.07, 6.45) is 3.44. The van der Waals surface area contributed by atoms with E-state index in [-0.39, 0.29) is 12.5 Å². The molecule has 0 radical (unpaired) electrons. The zero-order chi connectivity index (χ0) is 18.9. The number of aromatic nitrogens is 2. The van der Waals surface area contributed by atoms with Gasteiger partial charge in [-0.1, -0.05) is 24.6 Å². The lowest BCUT2D eigenvalue weighted by Gasteiger charge is -2.37. The molecule has 1 unspecified atom stereocenters. The van der Waals surface area contributed by atoms with Gasteiger partial charge in [0.2, 0.25) is 0 Å². The van der Waals surface area contributed by atoms with E-state index < -0.39 is 11.4 Å². The van der Waals surface area contributed by atoms with Gasteiger partial charge < -0.3 is 10.0 Å². The van der Waals surface area contributed by atoms with Gasteiger partial charge in [0.1, 0.15) is 0 Å². The number of likely N-dealkylation sites (tertiary alicyclic amines) is 1. The molecule has 1 N–H and O–H groups in total. The zero-order valence-corrected chi connectivity index (χ0v) is 15.7. The van der Waals surface area contributed by atoms with Gasteiger partial charge in [-0.05, 0) is 44.4 Å². The second kappa shape index (κ2) is 7.11. The summed E-state index contributed by atoms with van der Waals surface area (Å²) in [4.78, 5) is 26.2. The molecule has 26 heavy (non-hydrogen) atoms. The van der Waals surface area contributed by atoms with Crippen LogP contribution in [0.1, 0.15) is 42.7 Å². The number of amides is 1. The summed E-state index contributed by atoms with van der Waals surface area (Å²) in [5.74, 6) is -1.03. The third kappa shape index (κ3) is 3.33. The summed E-state index contributed by atoms with van der Waals surface area (Å²) < 4.78 is 1.72. The molecule has 1 aliphatic rings. The van der Waals surface area contributed by atoms with Crippen LogP contribution in [0.15, 0.2) is 30.5 Å². The van der Waals surface area contributed by atoms with Gasteiger partial charge in [-0.25, -0.2) is 4.68 Å². The Morgan fingerprint density at radius 3 is 2.81 bits per heavy atom. The van der Waals surface area contributed by atoms with Crippen LogP contribution in [-0.2, 0) is 11.2 Å². The largest absolute Gasteiger partial charge is 0.481 e. The lowest BCUT2D eigenvalue weighted by atomic mass is 9.82. The number of carbonyl (C=O) groups excluding carboxylic acids is 1. The van der Waals surface area contributed by atoms with Gasteiger partial charge in [0.15, 0.2) is 0 Å². The molecule has 1 fully saturated rings. The molecular weight excluding hydrogens is 354 g/mol. The molecule has 1 saturated heterocycles. The van der Waals surface area contributed by atoms with E-state index in [1.807, 2.05) is 19.1 Å². The third-order valence-corrected chi connectivity index (χ3v) is 5.22. The van der Waals surface area contributed by atoms with Crippen molar-refractivity contribution in [1.29, 1.82) is 0 Å². The van der Waals surface area contributed by atoms with Crippen LogP contribution in [-0.4, -0.2) is 44.8 Å². The van der Waals surface area contributed by atoms with Gasteiger partial charge >= 0.3 is 5.97 Å². The van der Waals surface area contributed by atoms with Gasteiger partial charge in [0.05, 0.1) is 28.6 Å². The summed E-state index contributed by atoms with van der Waals surface area (Å²) in [5.41, 5.74) is 1.20. The number of halogens is 1. The molecule has 6 nitrogen and oxygen atoms in total. The molecule has 1 aromatic heterocycles. The molecule has 7 heteroatoms. The molecule has 0 aliphatic carbocycles. The van der Waals surface area contributed by atoms with E-state index in [0.717, 1.165) is 11.4 Å². The first-order chi connectivity index (χ1) is 12.4. The number of rotatable bonds is 4. The van der Waals surface area contributed by atoms with Gasteiger partial charge in [0.25, 0.3) is 5.91 Å². The van der Waals surface area contributed by atoms with Crippen LogP contribution >= 0.6 is 11.6 Å². The van der Waals surface area contributed by atoms with Crippen molar-refractivity contribution in [2.75, 3.05) is 13.1 Å². The summed E-state index contributed by atoms with van der Waals surface area (Å²) >= 11 is 6.07. The minimum absolute atomic E-state index is 0.165. The molecule has 2 aromatic rings. The van der Waals surface area contributed by atoms with Crippen LogP contribution < -0.4 is 0 Å². The number of benzene rings is 1. The fourth-order valence-electron chi connectivity index (χ4n) is 3.48. The monoisotopic (exact) mass is 375 g/mol.